The molecule has 0 saturated heterocycles. The van der Waals surface area contributed by atoms with Crippen LogP contribution in [0, 0.1) is 17.2 Å². The number of aliphatic hydroxyl groups excluding tert-OH is 1. The summed E-state index contributed by atoms with van der Waals surface area (Å²) >= 11 is 0. The first-order valence-corrected chi connectivity index (χ1v) is 7.69. The fourth-order valence-corrected chi connectivity index (χ4v) is 2.32. The van der Waals surface area contributed by atoms with Crippen LogP contribution in [0.15, 0.2) is 22.8 Å². The number of nitrogens with zero attached hydrogens (tertiary/aromatic N) is 1. The predicted molar refractivity (Wildman–Crippen MR) is 81.3 cm³/mol. The molecule has 0 unspecified atom stereocenters. The van der Waals surface area contributed by atoms with E-state index in [9.17, 15) is 10.1 Å². The molecule has 1 N–H and O–H groups in total. The van der Waals surface area contributed by atoms with Crippen LogP contribution >= 0.6 is 0 Å². The molecule has 0 saturated carbocycles. The van der Waals surface area contributed by atoms with Gasteiger partial charge >= 0.3 is 5.97 Å². The van der Waals surface area contributed by atoms with Crippen LogP contribution in [0.2, 0.25) is 0 Å². The molecule has 0 spiro atoms. The molecule has 1 aliphatic carbocycles. The SMILES string of the molecule is CC(C)COC(=O)/C(C#N)=C1\C=C(CCCCO)CCC1. The number of rotatable bonds is 7. The molecule has 0 aromatic heterocycles. The molecule has 1 aliphatic rings. The number of nitriles is 1. The first-order valence-electron chi connectivity index (χ1n) is 7.69. The average Bonchev–Trinajstić information content (AvgIpc) is 2.47. The second-order valence-corrected chi connectivity index (χ2v) is 5.84. The molecule has 4 nitrogen and oxygen atoms in total. The van der Waals surface area contributed by atoms with E-state index in [0.717, 1.165) is 44.1 Å². The minimum absolute atomic E-state index is 0.148. The third kappa shape index (κ3) is 6.14. The highest BCUT2D eigenvalue weighted by atomic mass is 16.5. The summed E-state index contributed by atoms with van der Waals surface area (Å²) in [5, 5.41) is 18.1. The van der Waals surface area contributed by atoms with E-state index in [0.29, 0.717) is 6.61 Å². The van der Waals surface area contributed by atoms with Gasteiger partial charge in [-0.15, -0.1) is 0 Å². The number of carbonyl (C=O) groups excluding carboxylic acids is 1. The van der Waals surface area contributed by atoms with Crippen LogP contribution in [0.1, 0.15) is 52.4 Å². The molecule has 0 bridgehead atoms. The van der Waals surface area contributed by atoms with Crippen LogP contribution in [-0.2, 0) is 9.53 Å². The van der Waals surface area contributed by atoms with Crippen molar-refractivity contribution in [3.05, 3.63) is 22.8 Å². The maximum atomic E-state index is 12.0. The van der Waals surface area contributed by atoms with Crippen LogP contribution < -0.4 is 0 Å². The number of allylic oxidation sites excluding steroid dienone is 3. The molecule has 0 aliphatic heterocycles. The van der Waals surface area contributed by atoms with Crippen molar-refractivity contribution in [2.75, 3.05) is 13.2 Å². The minimum atomic E-state index is -0.506. The van der Waals surface area contributed by atoms with Gasteiger partial charge in [-0.2, -0.15) is 5.26 Å². The van der Waals surface area contributed by atoms with E-state index in [1.807, 2.05) is 26.0 Å². The number of hydrogen-bond acceptors (Lipinski definition) is 4. The summed E-state index contributed by atoms with van der Waals surface area (Å²) in [7, 11) is 0. The van der Waals surface area contributed by atoms with E-state index in [2.05, 4.69) is 0 Å². The van der Waals surface area contributed by atoms with E-state index in [-0.39, 0.29) is 18.1 Å². The first-order chi connectivity index (χ1) is 10.1. The second-order valence-electron chi connectivity index (χ2n) is 5.84. The second kappa shape index (κ2) is 9.36. The lowest BCUT2D eigenvalue weighted by molar-refractivity contribution is -0.139. The summed E-state index contributed by atoms with van der Waals surface area (Å²) in [6, 6.07) is 2.00. The Morgan fingerprint density at radius 1 is 1.43 bits per heavy atom. The standard InChI is InChI=1S/C17H25NO3/c1-13(2)12-21-17(20)16(11-18)15-8-5-7-14(10-15)6-3-4-9-19/h10,13,19H,3-9,12H2,1-2H3/b16-15-. The largest absolute Gasteiger partial charge is 0.461 e. The minimum Gasteiger partial charge on any atom is -0.461 e. The highest BCUT2D eigenvalue weighted by Crippen LogP contribution is 2.28. The molecular formula is C17H25NO3. The molecule has 0 heterocycles. The number of esters is 1. The summed E-state index contributed by atoms with van der Waals surface area (Å²) in [4.78, 5) is 12.0. The topological polar surface area (TPSA) is 70.3 Å². The van der Waals surface area contributed by atoms with E-state index in [1.165, 1.54) is 5.57 Å². The van der Waals surface area contributed by atoms with Crippen molar-refractivity contribution in [2.24, 2.45) is 5.92 Å². The van der Waals surface area contributed by atoms with Crippen molar-refractivity contribution in [1.82, 2.24) is 0 Å². The van der Waals surface area contributed by atoms with Gasteiger partial charge < -0.3 is 9.84 Å². The Balaban J connectivity index is 2.78. The van der Waals surface area contributed by atoms with Crippen LogP contribution in [-0.4, -0.2) is 24.3 Å². The summed E-state index contributed by atoms with van der Waals surface area (Å²) in [6.07, 6.45) is 7.36. The third-order valence-electron chi connectivity index (χ3n) is 3.41. The van der Waals surface area contributed by atoms with Crippen LogP contribution in [0.4, 0.5) is 0 Å². The van der Waals surface area contributed by atoms with E-state index in [4.69, 9.17) is 9.84 Å². The molecular weight excluding hydrogens is 266 g/mol. The van der Waals surface area contributed by atoms with Gasteiger partial charge in [0.15, 0.2) is 0 Å². The molecule has 0 atom stereocenters. The summed E-state index contributed by atoms with van der Waals surface area (Å²) in [5.41, 5.74) is 2.21. The van der Waals surface area contributed by atoms with E-state index in [1.54, 1.807) is 0 Å². The average molecular weight is 291 g/mol. The van der Waals surface area contributed by atoms with Crippen molar-refractivity contribution in [2.45, 2.75) is 52.4 Å². The molecule has 116 valence electrons. The van der Waals surface area contributed by atoms with Crippen LogP contribution in [0.5, 0.6) is 0 Å². The highest BCUT2D eigenvalue weighted by molar-refractivity contribution is 5.94. The van der Waals surface area contributed by atoms with Crippen molar-refractivity contribution in [3.8, 4) is 6.07 Å². The lowest BCUT2D eigenvalue weighted by Gasteiger charge is -2.16. The van der Waals surface area contributed by atoms with Gasteiger partial charge in [0.2, 0.25) is 0 Å². The maximum Gasteiger partial charge on any atom is 0.349 e. The summed E-state index contributed by atoms with van der Waals surface area (Å²) in [5.74, 6) is -0.246. The van der Waals surface area contributed by atoms with Crippen molar-refractivity contribution in [1.29, 1.82) is 5.26 Å². The van der Waals surface area contributed by atoms with Gasteiger partial charge in [0.05, 0.1) is 6.61 Å². The Labute approximate surface area is 127 Å². The number of ether oxygens (including phenoxy) is 1. The number of unbranched alkanes of at least 4 members (excludes halogenated alkanes) is 1. The fraction of sp³-hybridized carbons (Fsp3) is 0.647. The van der Waals surface area contributed by atoms with Crippen molar-refractivity contribution < 1.29 is 14.6 Å². The normalized spacial score (nSPS) is 17.2. The lowest BCUT2D eigenvalue weighted by atomic mass is 9.90. The summed E-state index contributed by atoms with van der Waals surface area (Å²) in [6.45, 7) is 4.48. The highest BCUT2D eigenvalue weighted by Gasteiger charge is 2.18. The Morgan fingerprint density at radius 3 is 2.81 bits per heavy atom. The van der Waals surface area contributed by atoms with Gasteiger partial charge in [-0.25, -0.2) is 4.79 Å². The molecule has 0 fully saturated rings. The fourth-order valence-electron chi connectivity index (χ4n) is 2.32. The molecule has 21 heavy (non-hydrogen) atoms. The van der Waals surface area contributed by atoms with Crippen molar-refractivity contribution >= 4 is 5.97 Å². The molecule has 0 radical (unpaired) electrons. The molecule has 0 aromatic carbocycles. The van der Waals surface area contributed by atoms with Crippen LogP contribution in [0.3, 0.4) is 0 Å². The third-order valence-corrected chi connectivity index (χ3v) is 3.41. The Kier molecular flexibility index (Phi) is 7.78. The lowest BCUT2D eigenvalue weighted by Crippen LogP contribution is -2.13. The van der Waals surface area contributed by atoms with Gasteiger partial charge in [-0.05, 0) is 50.0 Å². The van der Waals surface area contributed by atoms with Gasteiger partial charge in [0, 0.05) is 6.61 Å². The molecule has 1 rings (SSSR count). The van der Waals surface area contributed by atoms with Gasteiger partial charge in [-0.1, -0.05) is 25.5 Å². The monoisotopic (exact) mass is 291 g/mol. The quantitative estimate of drug-likeness (QED) is 0.338. The van der Waals surface area contributed by atoms with Gasteiger partial charge in [0.1, 0.15) is 11.6 Å². The molecule has 0 amide bonds. The predicted octanol–water partition coefficient (Wildman–Crippen LogP) is 3.28. The Morgan fingerprint density at radius 2 is 2.19 bits per heavy atom. The Bertz CT molecular complexity index is 455. The van der Waals surface area contributed by atoms with Gasteiger partial charge in [0.25, 0.3) is 0 Å². The first kappa shape index (κ1) is 17.5. The zero-order chi connectivity index (χ0) is 15.7. The van der Waals surface area contributed by atoms with Gasteiger partial charge in [-0.3, -0.25) is 0 Å². The zero-order valence-electron chi connectivity index (χ0n) is 13.0. The van der Waals surface area contributed by atoms with Crippen molar-refractivity contribution in [3.63, 3.8) is 0 Å². The smallest absolute Gasteiger partial charge is 0.349 e. The molecule has 0 aromatic rings. The summed E-state index contributed by atoms with van der Waals surface area (Å²) < 4.78 is 5.16. The zero-order valence-corrected chi connectivity index (χ0v) is 13.0. The molecule has 4 heteroatoms. The number of carbonyl (C=O) groups is 1. The van der Waals surface area contributed by atoms with E-state index >= 15 is 0 Å². The van der Waals surface area contributed by atoms with Crippen LogP contribution in [0.25, 0.3) is 0 Å². The Hall–Kier alpha value is -1.60. The maximum absolute atomic E-state index is 12.0. The number of aliphatic hydroxyl groups is 1. The van der Waals surface area contributed by atoms with E-state index < -0.39 is 5.97 Å². The number of hydrogen-bond donors (Lipinski definition) is 1.